The fourth-order valence-corrected chi connectivity index (χ4v) is 6.21. The Hall–Kier alpha value is -4.03. The van der Waals surface area contributed by atoms with Gasteiger partial charge in [0.25, 0.3) is 5.89 Å². The van der Waals surface area contributed by atoms with Gasteiger partial charge in [0.15, 0.2) is 0 Å². The van der Waals surface area contributed by atoms with Crippen molar-refractivity contribution in [3.63, 3.8) is 0 Å². The molecule has 3 aromatic carbocycles. The average molecular weight is 585 g/mol. The summed E-state index contributed by atoms with van der Waals surface area (Å²) in [6.07, 6.45) is -2.56. The van der Waals surface area contributed by atoms with Crippen LogP contribution in [0.3, 0.4) is 0 Å². The van der Waals surface area contributed by atoms with Crippen molar-refractivity contribution in [3.8, 4) is 22.8 Å². The summed E-state index contributed by atoms with van der Waals surface area (Å²) in [6.45, 7) is 2.33. The fraction of sp³-hybridized carbons (Fsp3) is 0.276. The molecule has 214 valence electrons. The third kappa shape index (κ3) is 6.33. The van der Waals surface area contributed by atoms with Crippen molar-refractivity contribution in [2.24, 2.45) is 0 Å². The first kappa shape index (κ1) is 28.5. The molecule has 1 aliphatic rings. The van der Waals surface area contributed by atoms with E-state index in [1.54, 1.807) is 48.5 Å². The number of alkyl halides is 3. The summed E-state index contributed by atoms with van der Waals surface area (Å²) < 4.78 is 72.7. The van der Waals surface area contributed by atoms with Gasteiger partial charge in [-0.05, 0) is 68.1 Å². The lowest BCUT2D eigenvalue weighted by Crippen LogP contribution is -2.48. The lowest BCUT2D eigenvalue weighted by molar-refractivity contribution is -0.137. The lowest BCUT2D eigenvalue weighted by Gasteiger charge is -2.29. The summed E-state index contributed by atoms with van der Waals surface area (Å²) in [6, 6.07) is 16.9. The second-order valence-corrected chi connectivity index (χ2v) is 11.8. The maximum atomic E-state index is 13.8. The van der Waals surface area contributed by atoms with Gasteiger partial charge in [0.2, 0.25) is 21.8 Å². The van der Waals surface area contributed by atoms with Gasteiger partial charge >= 0.3 is 6.18 Å². The zero-order valence-electron chi connectivity index (χ0n) is 22.1. The van der Waals surface area contributed by atoms with E-state index in [9.17, 15) is 26.4 Å². The second kappa shape index (κ2) is 11.5. The van der Waals surface area contributed by atoms with Gasteiger partial charge in [0, 0.05) is 24.2 Å². The van der Waals surface area contributed by atoms with Crippen molar-refractivity contribution in [2.45, 2.75) is 49.8 Å². The predicted molar refractivity (Wildman–Crippen MR) is 145 cm³/mol. The molecule has 0 spiro atoms. The molecule has 1 aliphatic heterocycles. The van der Waals surface area contributed by atoms with Gasteiger partial charge in [-0.2, -0.15) is 22.5 Å². The van der Waals surface area contributed by atoms with Crippen molar-refractivity contribution < 1.29 is 30.9 Å². The Labute approximate surface area is 235 Å². The zero-order chi connectivity index (χ0) is 29.2. The number of sulfonamides is 1. The number of aromatic nitrogens is 2. The molecule has 5 rings (SSSR count). The molecular formula is C29H27F3N4O4S. The molecule has 0 saturated carbocycles. The van der Waals surface area contributed by atoms with Crippen LogP contribution in [-0.4, -0.2) is 41.4 Å². The van der Waals surface area contributed by atoms with Gasteiger partial charge in [-0.25, -0.2) is 8.42 Å². The van der Waals surface area contributed by atoms with E-state index >= 15 is 0 Å². The Morgan fingerprint density at radius 1 is 0.951 bits per heavy atom. The topological polar surface area (TPSA) is 105 Å². The van der Waals surface area contributed by atoms with Gasteiger partial charge in [-0.3, -0.25) is 4.79 Å². The zero-order valence-corrected chi connectivity index (χ0v) is 22.9. The number of rotatable bonds is 7. The SMILES string of the molecule is Cc1ccc(S(=O)(=O)N(Cc2ccc(-c3nc(-c4ccc(C(F)(F)F)cc4)no3)cc2)[C@@H]2CCCCNC2=O)cc1. The Balaban J connectivity index is 1.39. The molecule has 2 heterocycles. The molecule has 1 N–H and O–H groups in total. The number of amides is 1. The maximum Gasteiger partial charge on any atom is 0.416 e. The number of nitrogens with zero attached hydrogens (tertiary/aromatic N) is 3. The number of aryl methyl sites for hydroxylation is 1. The summed E-state index contributed by atoms with van der Waals surface area (Å²) in [5.41, 5.74) is 1.69. The van der Waals surface area contributed by atoms with Crippen molar-refractivity contribution in [1.29, 1.82) is 0 Å². The third-order valence-electron chi connectivity index (χ3n) is 6.92. The fourth-order valence-electron chi connectivity index (χ4n) is 4.61. The van der Waals surface area contributed by atoms with Crippen LogP contribution in [-0.2, 0) is 27.5 Å². The van der Waals surface area contributed by atoms with Crippen LogP contribution in [0.2, 0.25) is 0 Å². The van der Waals surface area contributed by atoms with Gasteiger partial charge in [-0.1, -0.05) is 47.1 Å². The number of halogens is 3. The number of carbonyl (C=O) groups excluding carboxylic acids is 1. The van der Waals surface area contributed by atoms with E-state index in [-0.39, 0.29) is 29.1 Å². The largest absolute Gasteiger partial charge is 0.416 e. The molecule has 1 fully saturated rings. The summed E-state index contributed by atoms with van der Waals surface area (Å²) >= 11 is 0. The van der Waals surface area contributed by atoms with E-state index in [0.29, 0.717) is 36.1 Å². The minimum atomic E-state index is -4.45. The number of carbonyl (C=O) groups is 1. The maximum absolute atomic E-state index is 13.8. The van der Waals surface area contributed by atoms with Crippen LogP contribution < -0.4 is 5.32 Å². The monoisotopic (exact) mass is 584 g/mol. The smallest absolute Gasteiger partial charge is 0.355 e. The molecule has 0 bridgehead atoms. The molecule has 12 heteroatoms. The Morgan fingerprint density at radius 2 is 1.61 bits per heavy atom. The number of hydrogen-bond acceptors (Lipinski definition) is 6. The molecule has 0 radical (unpaired) electrons. The highest BCUT2D eigenvalue weighted by Crippen LogP contribution is 2.31. The Kier molecular flexibility index (Phi) is 7.96. The van der Waals surface area contributed by atoms with Gasteiger partial charge in [0.05, 0.1) is 10.5 Å². The van der Waals surface area contributed by atoms with Gasteiger partial charge < -0.3 is 9.84 Å². The first-order chi connectivity index (χ1) is 19.5. The van der Waals surface area contributed by atoms with Crippen LogP contribution >= 0.6 is 0 Å². The normalized spacial score (nSPS) is 16.4. The Bertz CT molecular complexity index is 1620. The van der Waals surface area contributed by atoms with Crippen LogP contribution in [0, 0.1) is 6.92 Å². The Morgan fingerprint density at radius 3 is 2.27 bits per heavy atom. The highest BCUT2D eigenvalue weighted by molar-refractivity contribution is 7.89. The predicted octanol–water partition coefficient (Wildman–Crippen LogP) is 5.59. The molecule has 1 aromatic heterocycles. The summed E-state index contributed by atoms with van der Waals surface area (Å²) in [5, 5.41) is 6.70. The van der Waals surface area contributed by atoms with Crippen LogP contribution in [0.1, 0.15) is 36.0 Å². The quantitative estimate of drug-likeness (QED) is 0.304. The summed E-state index contributed by atoms with van der Waals surface area (Å²) in [7, 11) is -4.01. The summed E-state index contributed by atoms with van der Waals surface area (Å²) in [4.78, 5) is 17.3. The molecule has 41 heavy (non-hydrogen) atoms. The van der Waals surface area contributed by atoms with Crippen LogP contribution in [0.25, 0.3) is 22.8 Å². The van der Waals surface area contributed by atoms with Gasteiger partial charge in [-0.15, -0.1) is 0 Å². The molecular weight excluding hydrogens is 557 g/mol. The number of nitrogens with one attached hydrogen (secondary N) is 1. The molecule has 1 amide bonds. The van der Waals surface area contributed by atoms with E-state index < -0.39 is 27.8 Å². The number of benzene rings is 3. The molecule has 0 unspecified atom stereocenters. The van der Waals surface area contributed by atoms with Crippen molar-refractivity contribution >= 4 is 15.9 Å². The standard InChI is InChI=1S/C29H27F3N4O4S/c1-19-5-15-24(16-6-19)41(38,39)36(25-4-2-3-17-33-27(25)37)18-20-7-9-22(10-8-20)28-34-26(35-40-28)21-11-13-23(14-12-21)29(30,31)32/h5-16,25H,2-4,17-18H2,1H3,(H,33,37)/t25-/m1/s1. The minimum absolute atomic E-state index is 0.0325. The van der Waals surface area contributed by atoms with E-state index in [1.165, 1.54) is 16.4 Å². The van der Waals surface area contributed by atoms with Crippen LogP contribution in [0.15, 0.2) is 82.2 Å². The molecule has 0 aliphatic carbocycles. The molecule has 8 nitrogen and oxygen atoms in total. The van der Waals surface area contributed by atoms with Crippen LogP contribution in [0.5, 0.6) is 0 Å². The van der Waals surface area contributed by atoms with E-state index in [1.807, 2.05) is 6.92 Å². The van der Waals surface area contributed by atoms with Crippen molar-refractivity contribution in [1.82, 2.24) is 19.8 Å². The van der Waals surface area contributed by atoms with E-state index in [0.717, 1.165) is 24.1 Å². The highest BCUT2D eigenvalue weighted by atomic mass is 32.2. The van der Waals surface area contributed by atoms with E-state index in [4.69, 9.17) is 4.52 Å². The molecule has 1 atom stereocenters. The van der Waals surface area contributed by atoms with E-state index in [2.05, 4.69) is 15.5 Å². The first-order valence-corrected chi connectivity index (χ1v) is 14.4. The lowest BCUT2D eigenvalue weighted by atomic mass is 10.1. The first-order valence-electron chi connectivity index (χ1n) is 13.0. The second-order valence-electron chi connectivity index (χ2n) is 9.86. The van der Waals surface area contributed by atoms with Gasteiger partial charge in [0.1, 0.15) is 6.04 Å². The summed E-state index contributed by atoms with van der Waals surface area (Å²) in [5.74, 6) is -0.0391. The van der Waals surface area contributed by atoms with Crippen LogP contribution in [0.4, 0.5) is 13.2 Å². The molecule has 1 saturated heterocycles. The highest BCUT2D eigenvalue weighted by Gasteiger charge is 2.36. The van der Waals surface area contributed by atoms with Crippen molar-refractivity contribution in [2.75, 3.05) is 6.54 Å². The third-order valence-corrected chi connectivity index (χ3v) is 8.79. The average Bonchev–Trinajstić information content (AvgIpc) is 3.35. The van der Waals surface area contributed by atoms with Crippen molar-refractivity contribution in [3.05, 3.63) is 89.5 Å². The minimum Gasteiger partial charge on any atom is -0.355 e. The number of hydrogen-bond donors (Lipinski definition) is 1. The molecule has 4 aromatic rings.